The summed E-state index contributed by atoms with van der Waals surface area (Å²) in [7, 11) is 0. The predicted octanol–water partition coefficient (Wildman–Crippen LogP) is 4.82. The Morgan fingerprint density at radius 3 is 2.74 bits per heavy atom. The third kappa shape index (κ3) is 4.10. The fourth-order valence-corrected chi connectivity index (χ4v) is 4.21. The number of nitrogens with zero attached hydrogens (tertiary/aromatic N) is 3. The molecular weight excluding hydrogens is 448 g/mol. The maximum Gasteiger partial charge on any atom is 0.260 e. The second-order valence-corrected chi connectivity index (χ2v) is 9.44. The van der Waals surface area contributed by atoms with Crippen LogP contribution in [0, 0.1) is 17.1 Å². The summed E-state index contributed by atoms with van der Waals surface area (Å²) < 4.78 is 31.8. The van der Waals surface area contributed by atoms with Gasteiger partial charge in [-0.3, -0.25) is 14.8 Å². The molecule has 2 aromatic rings. The number of hydrogen-bond donors (Lipinski definition) is 2. The molecule has 1 amide bonds. The van der Waals surface area contributed by atoms with Crippen molar-refractivity contribution in [2.24, 2.45) is 5.73 Å². The van der Waals surface area contributed by atoms with Crippen LogP contribution >= 0.6 is 0 Å². The van der Waals surface area contributed by atoms with E-state index in [0.717, 1.165) is 4.90 Å². The third-order valence-electron chi connectivity index (χ3n) is 6.06. The Labute approximate surface area is 202 Å². The molecule has 0 saturated carbocycles. The Bertz CT molecular complexity index is 1370. The predicted molar refractivity (Wildman–Crippen MR) is 129 cm³/mol. The molecule has 35 heavy (non-hydrogen) atoms. The number of H-pyrrole nitrogens is 1. The maximum atomic E-state index is 16.2. The highest BCUT2D eigenvalue weighted by Gasteiger charge is 2.48. The number of halogens is 2. The Balaban J connectivity index is 1.79. The van der Waals surface area contributed by atoms with Gasteiger partial charge >= 0.3 is 0 Å². The molecular formula is C27H25F2N5O. The molecule has 0 spiro atoms. The summed E-state index contributed by atoms with van der Waals surface area (Å²) in [5, 5.41) is 16.9. The molecule has 2 atom stereocenters. The molecule has 1 aliphatic carbocycles. The molecule has 2 aliphatic rings. The molecule has 1 aliphatic heterocycles. The van der Waals surface area contributed by atoms with E-state index in [0.29, 0.717) is 11.3 Å². The Morgan fingerprint density at radius 2 is 2.03 bits per heavy atom. The fraction of sp³-hybridized carbons (Fsp3) is 0.222. The summed E-state index contributed by atoms with van der Waals surface area (Å²) >= 11 is 0. The van der Waals surface area contributed by atoms with Crippen molar-refractivity contribution >= 4 is 5.91 Å². The molecule has 0 radical (unpaired) electrons. The molecule has 2 unspecified atom stereocenters. The van der Waals surface area contributed by atoms with E-state index >= 15 is 8.78 Å². The van der Waals surface area contributed by atoms with Crippen LogP contribution in [0.5, 0.6) is 0 Å². The zero-order valence-electron chi connectivity index (χ0n) is 19.6. The van der Waals surface area contributed by atoms with Crippen molar-refractivity contribution in [1.82, 2.24) is 15.1 Å². The molecule has 2 heterocycles. The zero-order chi connectivity index (χ0) is 25.4. The second-order valence-electron chi connectivity index (χ2n) is 9.44. The number of benzene rings is 1. The molecule has 0 fully saturated rings. The topological polar surface area (TPSA) is 98.8 Å². The molecule has 8 heteroatoms. The lowest BCUT2D eigenvalue weighted by Gasteiger charge is -2.31. The van der Waals surface area contributed by atoms with Gasteiger partial charge in [-0.25, -0.2) is 8.78 Å². The maximum absolute atomic E-state index is 16.2. The molecule has 6 nitrogen and oxygen atoms in total. The first-order valence-electron chi connectivity index (χ1n) is 11.0. The smallest absolute Gasteiger partial charge is 0.260 e. The summed E-state index contributed by atoms with van der Waals surface area (Å²) in [5.74, 6) is -1.15. The van der Waals surface area contributed by atoms with Crippen molar-refractivity contribution in [2.45, 2.75) is 37.8 Å². The highest BCUT2D eigenvalue weighted by Crippen LogP contribution is 2.43. The number of hydrogen-bond acceptors (Lipinski definition) is 4. The quantitative estimate of drug-likeness (QED) is 0.668. The van der Waals surface area contributed by atoms with Crippen LogP contribution in [0.1, 0.15) is 32.0 Å². The lowest BCUT2D eigenvalue weighted by atomic mass is 9.73. The van der Waals surface area contributed by atoms with E-state index in [2.05, 4.69) is 10.2 Å². The van der Waals surface area contributed by atoms with Gasteiger partial charge in [0.25, 0.3) is 5.91 Å². The highest BCUT2D eigenvalue weighted by atomic mass is 19.1. The van der Waals surface area contributed by atoms with E-state index < -0.39 is 28.7 Å². The first-order chi connectivity index (χ1) is 16.6. The average molecular weight is 474 g/mol. The minimum Gasteiger partial charge on any atom is -0.398 e. The number of amides is 1. The summed E-state index contributed by atoms with van der Waals surface area (Å²) in [6.45, 7) is 5.67. The lowest BCUT2D eigenvalue weighted by molar-refractivity contribution is -0.123. The van der Waals surface area contributed by atoms with E-state index in [9.17, 15) is 10.1 Å². The summed E-state index contributed by atoms with van der Waals surface area (Å²) in [6, 6.07) is 6.99. The molecule has 178 valence electrons. The number of nitriles is 1. The van der Waals surface area contributed by atoms with Gasteiger partial charge in [-0.05, 0) is 23.1 Å². The van der Waals surface area contributed by atoms with E-state index in [-0.39, 0.29) is 22.4 Å². The van der Waals surface area contributed by atoms with Crippen LogP contribution in [0.2, 0.25) is 0 Å². The van der Waals surface area contributed by atoms with Crippen molar-refractivity contribution in [3.05, 3.63) is 102 Å². The summed E-state index contributed by atoms with van der Waals surface area (Å²) in [6.07, 6.45) is 11.1. The largest absolute Gasteiger partial charge is 0.398 e. The van der Waals surface area contributed by atoms with Gasteiger partial charge in [0.2, 0.25) is 0 Å². The number of aromatic nitrogens is 2. The van der Waals surface area contributed by atoms with E-state index in [1.807, 2.05) is 26.8 Å². The van der Waals surface area contributed by atoms with Crippen molar-refractivity contribution in [3.8, 4) is 17.2 Å². The van der Waals surface area contributed by atoms with Crippen LogP contribution in [0.25, 0.3) is 11.1 Å². The Morgan fingerprint density at radius 1 is 1.26 bits per heavy atom. The first kappa shape index (κ1) is 23.9. The highest BCUT2D eigenvalue weighted by molar-refractivity contribution is 5.97. The van der Waals surface area contributed by atoms with Gasteiger partial charge in [0, 0.05) is 29.2 Å². The number of aromatic amines is 1. The average Bonchev–Trinajstić information content (AvgIpc) is 3.20. The normalized spacial score (nSPS) is 21.8. The number of rotatable bonds is 3. The second kappa shape index (κ2) is 8.84. The van der Waals surface area contributed by atoms with Crippen LogP contribution in [-0.2, 0) is 15.6 Å². The molecule has 3 N–H and O–H groups in total. The molecule has 1 aromatic carbocycles. The van der Waals surface area contributed by atoms with Crippen molar-refractivity contribution in [3.63, 3.8) is 0 Å². The first-order valence-corrected chi connectivity index (χ1v) is 11.0. The monoisotopic (exact) mass is 473 g/mol. The van der Waals surface area contributed by atoms with Gasteiger partial charge in [0.15, 0.2) is 11.6 Å². The van der Waals surface area contributed by atoms with E-state index in [4.69, 9.17) is 5.73 Å². The molecule has 1 aromatic heterocycles. The SMILES string of the molecule is CC(C)(C)c1cccc(-c2cn[nH]c2C2(C#N)C=CC=C(C(=O)N3C=CC=CC(N)=C3)C2F)c1F. The van der Waals surface area contributed by atoms with Gasteiger partial charge < -0.3 is 5.73 Å². The molecule has 0 saturated heterocycles. The zero-order valence-corrected chi connectivity index (χ0v) is 19.6. The number of nitrogens with one attached hydrogen (secondary N) is 1. The van der Waals surface area contributed by atoms with Crippen LogP contribution in [0.3, 0.4) is 0 Å². The van der Waals surface area contributed by atoms with Gasteiger partial charge in [-0.1, -0.05) is 63.3 Å². The number of carbonyl (C=O) groups excluding carboxylic acids is 1. The number of nitrogens with two attached hydrogens (primary N) is 1. The Kier molecular flexibility index (Phi) is 6.03. The number of alkyl halides is 1. The van der Waals surface area contributed by atoms with Crippen molar-refractivity contribution in [1.29, 1.82) is 5.26 Å². The van der Waals surface area contributed by atoms with Gasteiger partial charge in [0.05, 0.1) is 23.5 Å². The van der Waals surface area contributed by atoms with Gasteiger partial charge in [0.1, 0.15) is 5.82 Å². The van der Waals surface area contributed by atoms with Crippen LogP contribution < -0.4 is 5.73 Å². The number of carbonyl (C=O) groups is 1. The molecule has 4 rings (SSSR count). The minimum atomic E-state index is -2.06. The number of allylic oxidation sites excluding steroid dienone is 6. The van der Waals surface area contributed by atoms with E-state index in [1.165, 1.54) is 36.8 Å². The van der Waals surface area contributed by atoms with Gasteiger partial charge in [-0.2, -0.15) is 10.4 Å². The third-order valence-corrected chi connectivity index (χ3v) is 6.06. The van der Waals surface area contributed by atoms with Crippen LogP contribution in [0.4, 0.5) is 8.78 Å². The Hall–Kier alpha value is -4.25. The van der Waals surface area contributed by atoms with E-state index in [1.54, 1.807) is 36.4 Å². The molecule has 0 bridgehead atoms. The minimum absolute atomic E-state index is 0.0650. The van der Waals surface area contributed by atoms with Crippen LogP contribution in [0.15, 0.2) is 84.5 Å². The van der Waals surface area contributed by atoms with Crippen molar-refractivity contribution < 1.29 is 13.6 Å². The summed E-state index contributed by atoms with van der Waals surface area (Å²) in [4.78, 5) is 14.4. The summed E-state index contributed by atoms with van der Waals surface area (Å²) in [5.41, 5.74) is 4.48. The van der Waals surface area contributed by atoms with Crippen molar-refractivity contribution in [2.75, 3.05) is 0 Å². The van der Waals surface area contributed by atoms with Crippen LogP contribution in [-0.4, -0.2) is 27.2 Å². The lowest BCUT2D eigenvalue weighted by Crippen LogP contribution is -2.41. The standard InChI is InChI=1S/C27H25F2N5O/c1-26(2,3)21-11-6-9-18(22(21)28)20-14-32-33-24(20)27(16-30)12-7-10-19(23(27)29)25(35)34-13-5-4-8-17(31)15-34/h4-15,23H,31H2,1-3H3,(H,32,33). The fourth-order valence-electron chi connectivity index (χ4n) is 4.21. The van der Waals surface area contributed by atoms with Gasteiger partial charge in [-0.15, -0.1) is 0 Å².